The lowest BCUT2D eigenvalue weighted by Crippen LogP contribution is -2.17. The highest BCUT2D eigenvalue weighted by atomic mass is 16.6. The van der Waals surface area contributed by atoms with Gasteiger partial charge < -0.3 is 4.84 Å². The summed E-state index contributed by atoms with van der Waals surface area (Å²) in [6.45, 7) is 0. The number of pyridine rings is 1. The molecule has 0 unspecified atom stereocenters. The van der Waals surface area contributed by atoms with Gasteiger partial charge >= 0.3 is 0 Å². The number of nitrogens with one attached hydrogen (secondary N) is 1. The van der Waals surface area contributed by atoms with Gasteiger partial charge in [-0.2, -0.15) is 16.4 Å². The number of H-pyrrole nitrogens is 1. The average Bonchev–Trinajstić information content (AvgIpc) is 2.46. The van der Waals surface area contributed by atoms with Crippen molar-refractivity contribution < 1.29 is 4.84 Å². The first-order valence-electron chi connectivity index (χ1n) is 5.25. The lowest BCUT2D eigenvalue weighted by molar-refractivity contribution is 0.319. The van der Waals surface area contributed by atoms with Gasteiger partial charge in [0.2, 0.25) is 5.88 Å². The maximum Gasteiger partial charge on any atom is 0.269 e. The minimum atomic E-state index is -0.652. The van der Waals surface area contributed by atoms with Gasteiger partial charge in [0, 0.05) is 5.56 Å². The largest absolute Gasteiger partial charge is 0.392 e. The molecule has 0 fully saturated rings. The second kappa shape index (κ2) is 5.05. The van der Waals surface area contributed by atoms with Gasteiger partial charge in [-0.1, -0.05) is 30.3 Å². The van der Waals surface area contributed by atoms with E-state index >= 15 is 0 Å². The molecular weight excluding hydrogens is 244 g/mol. The average molecular weight is 252 g/mol. The summed E-state index contributed by atoms with van der Waals surface area (Å²) < 4.78 is 0. The Morgan fingerprint density at radius 1 is 1.11 bits per heavy atom. The van der Waals surface area contributed by atoms with Gasteiger partial charge in [0.25, 0.3) is 5.56 Å². The summed E-state index contributed by atoms with van der Waals surface area (Å²) in [6, 6.07) is 12.3. The normalized spacial score (nSPS) is 9.42. The molecular formula is C13H8N4O2. The van der Waals surface area contributed by atoms with E-state index in [9.17, 15) is 10.1 Å². The number of aromatic nitrogens is 1. The van der Waals surface area contributed by atoms with Crippen LogP contribution in [0, 0.1) is 22.7 Å². The first-order chi connectivity index (χ1) is 9.22. The zero-order chi connectivity index (χ0) is 13.8. The summed E-state index contributed by atoms with van der Waals surface area (Å²) in [5, 5.41) is 18.3. The molecule has 0 radical (unpaired) electrons. The number of nitrogens with two attached hydrogens (primary N) is 1. The van der Waals surface area contributed by atoms with Crippen molar-refractivity contribution in [2.75, 3.05) is 0 Å². The van der Waals surface area contributed by atoms with Gasteiger partial charge in [0.1, 0.15) is 23.3 Å². The Balaban J connectivity index is 2.93. The molecule has 0 aliphatic rings. The smallest absolute Gasteiger partial charge is 0.269 e. The van der Waals surface area contributed by atoms with Crippen molar-refractivity contribution in [2.24, 2.45) is 5.90 Å². The molecule has 6 heteroatoms. The van der Waals surface area contributed by atoms with Crippen LogP contribution in [0.5, 0.6) is 5.88 Å². The van der Waals surface area contributed by atoms with Gasteiger partial charge in [0.05, 0.1) is 0 Å². The molecule has 0 bridgehead atoms. The number of hydrogen-bond donors (Lipinski definition) is 2. The topological polar surface area (TPSA) is 116 Å². The van der Waals surface area contributed by atoms with Gasteiger partial charge in [0.15, 0.2) is 0 Å². The number of nitriles is 2. The predicted octanol–water partition coefficient (Wildman–Crippen LogP) is 1.04. The third-order valence-electron chi connectivity index (χ3n) is 2.59. The van der Waals surface area contributed by atoms with E-state index in [1.807, 2.05) is 6.07 Å². The minimum Gasteiger partial charge on any atom is -0.392 e. The first kappa shape index (κ1) is 12.4. The maximum atomic E-state index is 11.8. The van der Waals surface area contributed by atoms with E-state index in [0.717, 1.165) is 0 Å². The third-order valence-corrected chi connectivity index (χ3v) is 2.59. The number of nitrogens with zero attached hydrogens (tertiary/aromatic N) is 2. The lowest BCUT2D eigenvalue weighted by atomic mass is 9.97. The molecule has 0 saturated carbocycles. The molecule has 0 amide bonds. The third kappa shape index (κ3) is 2.04. The quantitative estimate of drug-likeness (QED) is 0.774. The second-order valence-electron chi connectivity index (χ2n) is 3.62. The number of rotatable bonds is 2. The Bertz CT molecular complexity index is 751. The van der Waals surface area contributed by atoms with Crippen molar-refractivity contribution in [1.82, 2.24) is 4.98 Å². The molecule has 0 spiro atoms. The SMILES string of the molecule is N#Cc1c(ON)[nH]c(=O)c(C#N)c1-c1ccccc1. The summed E-state index contributed by atoms with van der Waals surface area (Å²) in [7, 11) is 0. The molecule has 92 valence electrons. The van der Waals surface area contributed by atoms with E-state index in [1.165, 1.54) is 0 Å². The van der Waals surface area contributed by atoms with Crippen LogP contribution in [0.2, 0.25) is 0 Å². The maximum absolute atomic E-state index is 11.8. The zero-order valence-electron chi connectivity index (χ0n) is 9.68. The molecule has 2 rings (SSSR count). The van der Waals surface area contributed by atoms with E-state index in [0.29, 0.717) is 5.56 Å². The molecule has 0 aliphatic heterocycles. The minimum absolute atomic E-state index is 0.0184. The predicted molar refractivity (Wildman–Crippen MR) is 66.7 cm³/mol. The van der Waals surface area contributed by atoms with Gasteiger partial charge in [-0.25, -0.2) is 0 Å². The van der Waals surface area contributed by atoms with E-state index in [2.05, 4.69) is 9.82 Å². The fourth-order valence-electron chi connectivity index (χ4n) is 1.78. The Morgan fingerprint density at radius 2 is 1.74 bits per heavy atom. The van der Waals surface area contributed by atoms with Crippen LogP contribution in [-0.2, 0) is 0 Å². The zero-order valence-corrected chi connectivity index (χ0v) is 9.68. The van der Waals surface area contributed by atoms with Gasteiger partial charge in [-0.15, -0.1) is 0 Å². The molecule has 6 nitrogen and oxygen atoms in total. The second-order valence-corrected chi connectivity index (χ2v) is 3.62. The van der Waals surface area contributed by atoms with Crippen LogP contribution in [0.15, 0.2) is 35.1 Å². The van der Waals surface area contributed by atoms with E-state index in [4.69, 9.17) is 11.2 Å². The van der Waals surface area contributed by atoms with Crippen LogP contribution in [0.3, 0.4) is 0 Å². The van der Waals surface area contributed by atoms with Crippen molar-refractivity contribution in [1.29, 1.82) is 10.5 Å². The fourth-order valence-corrected chi connectivity index (χ4v) is 1.78. The molecule has 3 N–H and O–H groups in total. The van der Waals surface area contributed by atoms with Gasteiger partial charge in [-0.05, 0) is 5.56 Å². The highest BCUT2D eigenvalue weighted by Gasteiger charge is 2.19. The Labute approximate surface area is 108 Å². The van der Waals surface area contributed by atoms with Crippen LogP contribution in [0.4, 0.5) is 0 Å². The van der Waals surface area contributed by atoms with Crippen molar-refractivity contribution in [3.8, 4) is 29.1 Å². The van der Waals surface area contributed by atoms with Crippen LogP contribution in [-0.4, -0.2) is 4.98 Å². The van der Waals surface area contributed by atoms with Crippen LogP contribution in [0.25, 0.3) is 11.1 Å². The Morgan fingerprint density at radius 3 is 2.26 bits per heavy atom. The Kier molecular flexibility index (Phi) is 3.29. The first-order valence-corrected chi connectivity index (χ1v) is 5.25. The standard InChI is InChI=1S/C13H8N4O2/c14-6-9-11(8-4-2-1-3-5-8)10(7-15)13(19-16)17-12(9)18/h1-5H,16H2,(H,17,18). The van der Waals surface area contributed by atoms with E-state index in [-0.39, 0.29) is 22.6 Å². The molecule has 0 aliphatic carbocycles. The Hall–Kier alpha value is -3.09. The fraction of sp³-hybridized carbons (Fsp3) is 0. The van der Waals surface area contributed by atoms with Crippen molar-refractivity contribution in [3.63, 3.8) is 0 Å². The summed E-state index contributed by atoms with van der Waals surface area (Å²) in [5.74, 6) is 4.87. The van der Waals surface area contributed by atoms with Crippen LogP contribution in [0.1, 0.15) is 11.1 Å². The van der Waals surface area contributed by atoms with Crippen molar-refractivity contribution >= 4 is 0 Å². The molecule has 19 heavy (non-hydrogen) atoms. The van der Waals surface area contributed by atoms with Crippen LogP contribution < -0.4 is 16.3 Å². The van der Waals surface area contributed by atoms with E-state index < -0.39 is 5.56 Å². The van der Waals surface area contributed by atoms with E-state index in [1.54, 1.807) is 36.4 Å². The van der Waals surface area contributed by atoms with Gasteiger partial charge in [-0.3, -0.25) is 9.78 Å². The monoisotopic (exact) mass is 252 g/mol. The highest BCUT2D eigenvalue weighted by molar-refractivity contribution is 5.77. The molecule has 0 saturated heterocycles. The molecule has 1 aromatic carbocycles. The summed E-state index contributed by atoms with van der Waals surface area (Å²) >= 11 is 0. The number of hydrogen-bond acceptors (Lipinski definition) is 5. The summed E-state index contributed by atoms with van der Waals surface area (Å²) in [6.07, 6.45) is 0. The molecule has 2 aromatic rings. The number of benzene rings is 1. The van der Waals surface area contributed by atoms with Crippen molar-refractivity contribution in [2.45, 2.75) is 0 Å². The van der Waals surface area contributed by atoms with Crippen molar-refractivity contribution in [3.05, 3.63) is 51.8 Å². The summed E-state index contributed by atoms with van der Waals surface area (Å²) in [5.41, 5.74) is 0.00371. The van der Waals surface area contributed by atoms with Crippen LogP contribution >= 0.6 is 0 Å². The molecule has 1 aromatic heterocycles. The lowest BCUT2D eigenvalue weighted by Gasteiger charge is -2.09. The molecule has 1 heterocycles. The molecule has 0 atom stereocenters. The highest BCUT2D eigenvalue weighted by Crippen LogP contribution is 2.29. The summed E-state index contributed by atoms with van der Waals surface area (Å²) in [4.78, 5) is 18.5. The number of aromatic amines is 1.